The number of nitrogens with zero attached hydrogens (tertiary/aromatic N) is 2. The van der Waals surface area contributed by atoms with Crippen molar-refractivity contribution in [2.45, 2.75) is 19.8 Å². The Morgan fingerprint density at radius 2 is 2.18 bits per heavy atom. The van der Waals surface area contributed by atoms with Crippen LogP contribution in [-0.2, 0) is 16.0 Å². The average Bonchev–Trinajstić information content (AvgIpc) is 2.85. The van der Waals surface area contributed by atoms with Gasteiger partial charge in [-0.2, -0.15) is 0 Å². The van der Waals surface area contributed by atoms with E-state index in [1.54, 1.807) is 6.92 Å². The lowest BCUT2D eigenvalue weighted by Gasteiger charge is -2.20. The fourth-order valence-corrected chi connectivity index (χ4v) is 2.66. The average molecular weight is 327 g/mol. The number of halogens is 1. The highest BCUT2D eigenvalue weighted by molar-refractivity contribution is 6.31. The van der Waals surface area contributed by atoms with Gasteiger partial charge in [0.05, 0.1) is 21.8 Å². The molecule has 1 saturated heterocycles. The molecule has 1 aliphatic rings. The van der Waals surface area contributed by atoms with Crippen LogP contribution in [-0.4, -0.2) is 39.9 Å². The molecule has 0 aliphatic carbocycles. The van der Waals surface area contributed by atoms with E-state index in [0.29, 0.717) is 18.5 Å². The highest BCUT2D eigenvalue weighted by Gasteiger charge is 2.42. The van der Waals surface area contributed by atoms with Crippen molar-refractivity contribution < 1.29 is 19.6 Å². The van der Waals surface area contributed by atoms with E-state index >= 15 is 0 Å². The second-order valence-corrected chi connectivity index (χ2v) is 6.05. The van der Waals surface area contributed by atoms with Crippen molar-refractivity contribution in [1.82, 2.24) is 4.90 Å². The first-order valence-corrected chi connectivity index (χ1v) is 7.05. The fourth-order valence-electron chi connectivity index (χ4n) is 2.42. The molecule has 1 unspecified atom stereocenters. The van der Waals surface area contributed by atoms with E-state index in [0.717, 1.165) is 0 Å². The van der Waals surface area contributed by atoms with Crippen molar-refractivity contribution in [2.24, 2.45) is 5.41 Å². The summed E-state index contributed by atoms with van der Waals surface area (Å²) in [6.45, 7) is 2.15. The molecule has 0 bridgehead atoms. The number of amides is 1. The van der Waals surface area contributed by atoms with Gasteiger partial charge in [0.15, 0.2) is 0 Å². The fraction of sp³-hybridized carbons (Fsp3) is 0.429. The second kappa shape index (κ2) is 5.92. The number of nitro benzene ring substituents is 1. The van der Waals surface area contributed by atoms with Gasteiger partial charge in [-0.25, -0.2) is 0 Å². The number of benzene rings is 1. The molecule has 1 aromatic carbocycles. The molecule has 118 valence electrons. The second-order valence-electron chi connectivity index (χ2n) is 5.64. The molecule has 1 aliphatic heterocycles. The molecule has 7 nitrogen and oxygen atoms in total. The Bertz CT molecular complexity index is 648. The molecule has 0 aromatic heterocycles. The van der Waals surface area contributed by atoms with E-state index in [-0.39, 0.29) is 29.6 Å². The molecule has 22 heavy (non-hydrogen) atoms. The lowest BCUT2D eigenvalue weighted by atomic mass is 9.90. The van der Waals surface area contributed by atoms with Crippen molar-refractivity contribution >= 4 is 29.2 Å². The molecule has 8 heteroatoms. The standard InChI is InChI=1S/C14H15ClN2O5/c1-14(13(19)20)4-5-16(8-14)12(18)6-9-2-3-10(17(21)22)7-11(9)15/h2-3,7H,4-6,8H2,1H3,(H,19,20). The maximum absolute atomic E-state index is 12.2. The Kier molecular flexibility index (Phi) is 4.37. The summed E-state index contributed by atoms with van der Waals surface area (Å²) in [5, 5.41) is 20.0. The van der Waals surface area contributed by atoms with Crippen LogP contribution in [0.25, 0.3) is 0 Å². The van der Waals surface area contributed by atoms with Crippen LogP contribution in [0.5, 0.6) is 0 Å². The van der Waals surface area contributed by atoms with Gasteiger partial charge in [-0.15, -0.1) is 0 Å². The van der Waals surface area contributed by atoms with Crippen LogP contribution in [0.15, 0.2) is 18.2 Å². The van der Waals surface area contributed by atoms with Crippen LogP contribution in [0.3, 0.4) is 0 Å². The van der Waals surface area contributed by atoms with E-state index in [1.165, 1.54) is 23.1 Å². The number of carbonyl (C=O) groups excluding carboxylic acids is 1. The van der Waals surface area contributed by atoms with Gasteiger partial charge in [0, 0.05) is 25.2 Å². The van der Waals surface area contributed by atoms with E-state index < -0.39 is 16.3 Å². The molecule has 1 N–H and O–H groups in total. The molecule has 1 atom stereocenters. The maximum atomic E-state index is 12.2. The normalized spacial score (nSPS) is 20.9. The van der Waals surface area contributed by atoms with Gasteiger partial charge in [-0.1, -0.05) is 17.7 Å². The number of hydrogen-bond donors (Lipinski definition) is 1. The van der Waals surface area contributed by atoms with Crippen LogP contribution in [0.4, 0.5) is 5.69 Å². The Balaban J connectivity index is 2.07. The summed E-state index contributed by atoms with van der Waals surface area (Å²) in [6, 6.07) is 3.94. The van der Waals surface area contributed by atoms with Crippen LogP contribution < -0.4 is 0 Å². The summed E-state index contributed by atoms with van der Waals surface area (Å²) in [4.78, 5) is 35.0. The number of hydrogen-bond acceptors (Lipinski definition) is 4. The predicted molar refractivity (Wildman–Crippen MR) is 78.8 cm³/mol. The molecule has 1 fully saturated rings. The first-order chi connectivity index (χ1) is 10.2. The molecule has 1 aromatic rings. The largest absolute Gasteiger partial charge is 0.481 e. The molecule has 1 heterocycles. The van der Waals surface area contributed by atoms with Gasteiger partial charge >= 0.3 is 5.97 Å². The Labute approximate surface area is 131 Å². The summed E-state index contributed by atoms with van der Waals surface area (Å²) < 4.78 is 0. The van der Waals surface area contributed by atoms with Gasteiger partial charge in [0.25, 0.3) is 5.69 Å². The van der Waals surface area contributed by atoms with E-state index in [2.05, 4.69) is 0 Å². The third-order valence-corrected chi connectivity index (χ3v) is 4.28. The molecule has 1 amide bonds. The van der Waals surface area contributed by atoms with Crippen molar-refractivity contribution in [3.05, 3.63) is 38.9 Å². The summed E-state index contributed by atoms with van der Waals surface area (Å²) in [5.74, 6) is -1.16. The highest BCUT2D eigenvalue weighted by atomic mass is 35.5. The van der Waals surface area contributed by atoms with Crippen molar-refractivity contribution in [3.63, 3.8) is 0 Å². The zero-order valence-corrected chi connectivity index (χ0v) is 12.7. The van der Waals surface area contributed by atoms with Gasteiger partial charge in [-0.05, 0) is 18.9 Å². The lowest BCUT2D eigenvalue weighted by molar-refractivity contribution is -0.384. The molecule has 0 spiro atoms. The summed E-state index contributed by atoms with van der Waals surface area (Å²) in [6.07, 6.45) is 0.397. The van der Waals surface area contributed by atoms with Crippen molar-refractivity contribution in [1.29, 1.82) is 0 Å². The molecular formula is C14H15ClN2O5. The SMILES string of the molecule is CC1(C(=O)O)CCN(C(=O)Cc2ccc([N+](=O)[O-])cc2Cl)C1. The Morgan fingerprint density at radius 1 is 1.50 bits per heavy atom. The number of carboxylic acids is 1. The topological polar surface area (TPSA) is 101 Å². The monoisotopic (exact) mass is 326 g/mol. The number of carbonyl (C=O) groups is 2. The zero-order valence-electron chi connectivity index (χ0n) is 11.9. The third-order valence-electron chi connectivity index (χ3n) is 3.93. The van der Waals surface area contributed by atoms with Crippen molar-refractivity contribution in [2.75, 3.05) is 13.1 Å². The summed E-state index contributed by atoms with van der Waals surface area (Å²) in [5.41, 5.74) is -0.573. The first kappa shape index (κ1) is 16.2. The van der Waals surface area contributed by atoms with Gasteiger partial charge in [0.2, 0.25) is 5.91 Å². The zero-order chi connectivity index (χ0) is 16.5. The summed E-state index contributed by atoms with van der Waals surface area (Å²) >= 11 is 5.96. The minimum absolute atomic E-state index is 0.00741. The Hall–Kier alpha value is -2.15. The molecular weight excluding hydrogens is 312 g/mol. The smallest absolute Gasteiger partial charge is 0.311 e. The van der Waals surface area contributed by atoms with E-state index in [9.17, 15) is 19.7 Å². The van der Waals surface area contributed by atoms with Crippen LogP contribution >= 0.6 is 11.6 Å². The van der Waals surface area contributed by atoms with Gasteiger partial charge in [-0.3, -0.25) is 19.7 Å². The molecule has 0 saturated carbocycles. The summed E-state index contributed by atoms with van der Waals surface area (Å²) in [7, 11) is 0. The van der Waals surface area contributed by atoms with E-state index in [4.69, 9.17) is 16.7 Å². The van der Waals surface area contributed by atoms with Crippen LogP contribution in [0.2, 0.25) is 5.02 Å². The third kappa shape index (κ3) is 3.19. The Morgan fingerprint density at radius 3 is 2.68 bits per heavy atom. The minimum Gasteiger partial charge on any atom is -0.481 e. The number of likely N-dealkylation sites (tertiary alicyclic amines) is 1. The van der Waals surface area contributed by atoms with Crippen LogP contribution in [0, 0.1) is 15.5 Å². The van der Waals surface area contributed by atoms with Gasteiger partial charge < -0.3 is 10.0 Å². The van der Waals surface area contributed by atoms with Gasteiger partial charge in [0.1, 0.15) is 0 Å². The molecule has 0 radical (unpaired) electrons. The van der Waals surface area contributed by atoms with E-state index in [1.807, 2.05) is 0 Å². The number of aliphatic carboxylic acids is 1. The number of rotatable bonds is 4. The minimum atomic E-state index is -0.922. The van der Waals surface area contributed by atoms with Crippen LogP contribution in [0.1, 0.15) is 18.9 Å². The first-order valence-electron chi connectivity index (χ1n) is 6.67. The maximum Gasteiger partial charge on any atom is 0.311 e. The number of non-ortho nitro benzene ring substituents is 1. The number of carboxylic acid groups (broad SMARTS) is 1. The lowest BCUT2D eigenvalue weighted by Crippen LogP contribution is -2.35. The number of nitro groups is 1. The quantitative estimate of drug-likeness (QED) is 0.674. The predicted octanol–water partition coefficient (Wildman–Crippen LogP) is 2.11. The highest BCUT2D eigenvalue weighted by Crippen LogP contribution is 2.31. The molecule has 2 rings (SSSR count). The van der Waals surface area contributed by atoms with Crippen molar-refractivity contribution in [3.8, 4) is 0 Å².